The van der Waals surface area contributed by atoms with Gasteiger partial charge in [-0.05, 0) is 31.2 Å². The van der Waals surface area contributed by atoms with Crippen molar-refractivity contribution in [2.24, 2.45) is 7.05 Å². The molecule has 2 aliphatic heterocycles. The van der Waals surface area contributed by atoms with Crippen molar-refractivity contribution < 1.29 is 14.5 Å². The number of carbonyl (C=O) groups excluding carboxylic acids is 2. The lowest BCUT2D eigenvalue weighted by atomic mass is 9.92. The highest BCUT2D eigenvalue weighted by molar-refractivity contribution is 5.96. The van der Waals surface area contributed by atoms with Crippen LogP contribution in [0.1, 0.15) is 53.7 Å². The summed E-state index contributed by atoms with van der Waals surface area (Å²) < 4.78 is 1.62. The number of piperazine rings is 1. The molecule has 11 nitrogen and oxygen atoms in total. The molecule has 2 amide bonds. The van der Waals surface area contributed by atoms with E-state index in [0.717, 1.165) is 18.7 Å². The van der Waals surface area contributed by atoms with Crippen LogP contribution >= 0.6 is 0 Å². The minimum Gasteiger partial charge on any atom is -0.362 e. The number of nitrogens with zero attached hydrogens (tertiary/aromatic N) is 6. The van der Waals surface area contributed by atoms with Crippen LogP contribution in [0, 0.1) is 10.1 Å². The zero-order valence-corrected chi connectivity index (χ0v) is 21.5. The summed E-state index contributed by atoms with van der Waals surface area (Å²) in [6.07, 6.45) is 0.852. The summed E-state index contributed by atoms with van der Waals surface area (Å²) in [7, 11) is 1.77. The molecule has 11 heteroatoms. The van der Waals surface area contributed by atoms with Gasteiger partial charge in [0.2, 0.25) is 0 Å². The Balaban J connectivity index is 1.47. The second kappa shape index (κ2) is 10.3. The van der Waals surface area contributed by atoms with Gasteiger partial charge in [-0.1, -0.05) is 20.8 Å². The van der Waals surface area contributed by atoms with E-state index in [4.69, 9.17) is 0 Å². The van der Waals surface area contributed by atoms with Crippen LogP contribution in [0.3, 0.4) is 0 Å². The lowest BCUT2D eigenvalue weighted by Gasteiger charge is -2.35. The maximum Gasteiger partial charge on any atom is 0.293 e. The number of nitro groups is 1. The van der Waals surface area contributed by atoms with Gasteiger partial charge < -0.3 is 20.0 Å². The summed E-state index contributed by atoms with van der Waals surface area (Å²) in [6, 6.07) is 6.56. The van der Waals surface area contributed by atoms with Crippen molar-refractivity contribution in [2.75, 3.05) is 57.3 Å². The van der Waals surface area contributed by atoms with Crippen LogP contribution in [0.25, 0.3) is 0 Å². The monoisotopic (exact) mass is 497 g/mol. The average Bonchev–Trinajstić information content (AvgIpc) is 3.06. The molecule has 3 heterocycles. The minimum atomic E-state index is -0.433. The normalized spacial score (nSPS) is 17.2. The zero-order valence-electron chi connectivity index (χ0n) is 21.5. The Bertz CT molecular complexity index is 1140. The second-order valence-corrected chi connectivity index (χ2v) is 10.4. The third-order valence-electron chi connectivity index (χ3n) is 6.82. The van der Waals surface area contributed by atoms with Gasteiger partial charge in [0.1, 0.15) is 11.4 Å². The van der Waals surface area contributed by atoms with E-state index in [2.05, 4.69) is 31.2 Å². The lowest BCUT2D eigenvalue weighted by Crippen LogP contribution is -2.49. The van der Waals surface area contributed by atoms with Gasteiger partial charge in [-0.3, -0.25) is 24.4 Å². The molecule has 0 radical (unpaired) electrons. The number of anilines is 1. The highest BCUT2D eigenvalue weighted by Gasteiger charge is 2.30. The fourth-order valence-corrected chi connectivity index (χ4v) is 4.65. The van der Waals surface area contributed by atoms with Gasteiger partial charge in [0.05, 0.1) is 10.6 Å². The highest BCUT2D eigenvalue weighted by atomic mass is 16.6. The summed E-state index contributed by atoms with van der Waals surface area (Å²) >= 11 is 0. The SMILES string of the molecule is Cn1nc(C(C)(C)C)cc1C(=O)N1CCN(c2ccc(C(=O)N3CCCNCC3)cc2[N+](=O)[O-])CC1. The molecule has 4 rings (SSSR count). The van der Waals surface area contributed by atoms with Crippen molar-refractivity contribution in [1.82, 2.24) is 24.9 Å². The lowest BCUT2D eigenvalue weighted by molar-refractivity contribution is -0.384. The molecule has 0 atom stereocenters. The number of amides is 2. The van der Waals surface area contributed by atoms with Crippen LogP contribution in [0.5, 0.6) is 0 Å². The van der Waals surface area contributed by atoms with Crippen LogP contribution in [0.2, 0.25) is 0 Å². The Morgan fingerprint density at radius 3 is 2.31 bits per heavy atom. The molecular weight excluding hydrogens is 462 g/mol. The number of hydrogen-bond donors (Lipinski definition) is 1. The molecule has 36 heavy (non-hydrogen) atoms. The number of nitro benzene ring substituents is 1. The van der Waals surface area contributed by atoms with Gasteiger partial charge in [0, 0.05) is 69.9 Å². The van der Waals surface area contributed by atoms with E-state index in [9.17, 15) is 19.7 Å². The van der Waals surface area contributed by atoms with E-state index in [1.54, 1.807) is 33.7 Å². The van der Waals surface area contributed by atoms with Gasteiger partial charge in [-0.15, -0.1) is 0 Å². The third-order valence-corrected chi connectivity index (χ3v) is 6.82. The molecule has 0 aliphatic carbocycles. The van der Waals surface area contributed by atoms with Gasteiger partial charge in [0.25, 0.3) is 17.5 Å². The minimum absolute atomic E-state index is 0.0879. The number of rotatable bonds is 4. The molecular formula is C25H35N7O4. The molecule has 0 bridgehead atoms. The van der Waals surface area contributed by atoms with Crippen LogP contribution < -0.4 is 10.2 Å². The van der Waals surface area contributed by atoms with Crippen LogP contribution in [-0.2, 0) is 12.5 Å². The molecule has 1 aromatic heterocycles. The first-order chi connectivity index (χ1) is 17.1. The van der Waals surface area contributed by atoms with Crippen molar-refractivity contribution >= 4 is 23.2 Å². The maximum absolute atomic E-state index is 13.2. The van der Waals surface area contributed by atoms with Gasteiger partial charge in [-0.2, -0.15) is 5.10 Å². The summed E-state index contributed by atoms with van der Waals surface area (Å²) in [4.78, 5) is 43.0. The first-order valence-corrected chi connectivity index (χ1v) is 12.4. The van der Waals surface area contributed by atoms with Gasteiger partial charge >= 0.3 is 0 Å². The number of aromatic nitrogens is 2. The summed E-state index contributed by atoms with van der Waals surface area (Å²) in [6.45, 7) is 10.7. The van der Waals surface area contributed by atoms with E-state index in [0.29, 0.717) is 62.8 Å². The van der Waals surface area contributed by atoms with Crippen LogP contribution in [0.4, 0.5) is 11.4 Å². The molecule has 0 spiro atoms. The Kier molecular flexibility index (Phi) is 7.30. The molecule has 0 saturated carbocycles. The number of benzene rings is 1. The molecule has 2 aromatic rings. The first kappa shape index (κ1) is 25.6. The largest absolute Gasteiger partial charge is 0.362 e. The second-order valence-electron chi connectivity index (χ2n) is 10.4. The van der Waals surface area contributed by atoms with E-state index >= 15 is 0 Å². The van der Waals surface area contributed by atoms with Crippen molar-refractivity contribution in [1.29, 1.82) is 0 Å². The van der Waals surface area contributed by atoms with Crippen molar-refractivity contribution in [3.8, 4) is 0 Å². The smallest absolute Gasteiger partial charge is 0.293 e. The zero-order chi connectivity index (χ0) is 26.0. The predicted octanol–water partition coefficient (Wildman–Crippen LogP) is 2.02. The van der Waals surface area contributed by atoms with E-state index in [1.165, 1.54) is 6.07 Å². The van der Waals surface area contributed by atoms with E-state index in [1.807, 2.05) is 11.0 Å². The van der Waals surface area contributed by atoms with Crippen molar-refractivity contribution in [2.45, 2.75) is 32.6 Å². The molecule has 1 aromatic carbocycles. The number of hydrogen-bond acceptors (Lipinski definition) is 7. The Morgan fingerprint density at radius 2 is 1.67 bits per heavy atom. The van der Waals surface area contributed by atoms with Gasteiger partial charge in [-0.25, -0.2) is 0 Å². The standard InChI is InChI=1S/C25H35N7O4/c1-25(2,3)22-17-21(28(4)27-22)24(34)31-14-12-29(13-15-31)19-7-6-18(16-20(19)32(35)36)23(33)30-10-5-8-26-9-11-30/h6-7,16-17,26H,5,8-15H2,1-4H3. The third kappa shape index (κ3) is 5.35. The van der Waals surface area contributed by atoms with Gasteiger partial charge in [0.15, 0.2) is 0 Å². The first-order valence-electron chi connectivity index (χ1n) is 12.4. The van der Waals surface area contributed by atoms with Crippen molar-refractivity contribution in [3.05, 3.63) is 51.3 Å². The molecule has 2 saturated heterocycles. The summed E-state index contributed by atoms with van der Waals surface area (Å²) in [5.74, 6) is -0.280. The summed E-state index contributed by atoms with van der Waals surface area (Å²) in [5, 5.41) is 19.7. The Labute approximate surface area is 211 Å². The molecule has 194 valence electrons. The van der Waals surface area contributed by atoms with E-state index < -0.39 is 4.92 Å². The predicted molar refractivity (Wildman–Crippen MR) is 137 cm³/mol. The van der Waals surface area contributed by atoms with Crippen molar-refractivity contribution in [3.63, 3.8) is 0 Å². The average molecular weight is 498 g/mol. The fraction of sp³-hybridized carbons (Fsp3) is 0.560. The Morgan fingerprint density at radius 1 is 0.972 bits per heavy atom. The van der Waals surface area contributed by atoms with Crippen LogP contribution in [0.15, 0.2) is 24.3 Å². The number of nitrogens with one attached hydrogen (secondary N) is 1. The molecule has 2 aliphatic rings. The quantitative estimate of drug-likeness (QED) is 0.507. The molecule has 1 N–H and O–H groups in total. The van der Waals surface area contributed by atoms with Crippen LogP contribution in [-0.4, -0.2) is 88.7 Å². The number of aryl methyl sites for hydroxylation is 1. The van der Waals surface area contributed by atoms with E-state index in [-0.39, 0.29) is 22.9 Å². The molecule has 0 unspecified atom stereocenters. The highest BCUT2D eigenvalue weighted by Crippen LogP contribution is 2.31. The maximum atomic E-state index is 13.2. The topological polar surface area (TPSA) is 117 Å². The fourth-order valence-electron chi connectivity index (χ4n) is 4.65. The molecule has 2 fully saturated rings. The Hall–Kier alpha value is -3.47. The summed E-state index contributed by atoms with van der Waals surface area (Å²) in [5.41, 5.74) is 1.93. The number of carbonyl (C=O) groups is 2.